The molecule has 29 heavy (non-hydrogen) atoms. The fourth-order valence-corrected chi connectivity index (χ4v) is 3.70. The van der Waals surface area contributed by atoms with E-state index in [1.54, 1.807) is 12.1 Å². The third kappa shape index (κ3) is 3.79. The van der Waals surface area contributed by atoms with Crippen LogP contribution in [-0.4, -0.2) is 21.5 Å². The molecule has 2 heterocycles. The number of rotatable bonds is 3. The van der Waals surface area contributed by atoms with E-state index in [9.17, 15) is 9.59 Å². The molecule has 1 aliphatic heterocycles. The van der Waals surface area contributed by atoms with E-state index in [0.717, 1.165) is 15.7 Å². The van der Waals surface area contributed by atoms with Crippen LogP contribution < -0.4 is 10.2 Å². The van der Waals surface area contributed by atoms with E-state index < -0.39 is 11.8 Å². The van der Waals surface area contributed by atoms with Gasteiger partial charge in [0.15, 0.2) is 5.11 Å². The van der Waals surface area contributed by atoms with Crippen molar-refractivity contribution in [3.63, 3.8) is 0 Å². The molecule has 0 bridgehead atoms. The smallest absolute Gasteiger partial charge is 0.270 e. The Balaban J connectivity index is 1.75. The van der Waals surface area contributed by atoms with Crippen LogP contribution in [0.15, 0.2) is 76.9 Å². The summed E-state index contributed by atoms with van der Waals surface area (Å²) >= 11 is 8.68. The van der Waals surface area contributed by atoms with Crippen molar-refractivity contribution in [3.8, 4) is 5.69 Å². The first-order valence-corrected chi connectivity index (χ1v) is 10.1. The topological polar surface area (TPSA) is 54.3 Å². The van der Waals surface area contributed by atoms with Crippen LogP contribution in [0.4, 0.5) is 5.69 Å². The van der Waals surface area contributed by atoms with Gasteiger partial charge < -0.3 is 4.57 Å². The summed E-state index contributed by atoms with van der Waals surface area (Å²) in [6, 6.07) is 18.9. The average molecular weight is 466 g/mol. The van der Waals surface area contributed by atoms with Crippen molar-refractivity contribution in [2.75, 3.05) is 4.90 Å². The van der Waals surface area contributed by atoms with Crippen molar-refractivity contribution in [2.45, 2.75) is 6.92 Å². The number of aromatic nitrogens is 1. The number of aryl methyl sites for hydroxylation is 1. The number of nitrogens with one attached hydrogen (secondary N) is 1. The molecule has 0 atom stereocenters. The molecule has 5 nitrogen and oxygen atoms in total. The zero-order chi connectivity index (χ0) is 20.5. The van der Waals surface area contributed by atoms with Gasteiger partial charge in [-0.05, 0) is 79.3 Å². The number of hydrogen-bond acceptors (Lipinski definition) is 3. The Labute approximate surface area is 181 Å². The highest BCUT2D eigenvalue weighted by Crippen LogP contribution is 2.24. The minimum absolute atomic E-state index is 0.0252. The number of thiocarbonyl (C=S) groups is 1. The lowest BCUT2D eigenvalue weighted by Crippen LogP contribution is -2.54. The molecule has 4 rings (SSSR count). The first-order valence-electron chi connectivity index (χ1n) is 8.85. The van der Waals surface area contributed by atoms with Gasteiger partial charge in [-0.25, -0.2) is 0 Å². The van der Waals surface area contributed by atoms with Gasteiger partial charge in [-0.1, -0.05) is 28.1 Å². The molecule has 0 unspecified atom stereocenters. The van der Waals surface area contributed by atoms with Crippen LogP contribution in [0, 0.1) is 6.92 Å². The molecule has 0 radical (unpaired) electrons. The van der Waals surface area contributed by atoms with Crippen molar-refractivity contribution < 1.29 is 9.59 Å². The Morgan fingerprint density at radius 2 is 1.76 bits per heavy atom. The Morgan fingerprint density at radius 1 is 1.00 bits per heavy atom. The monoisotopic (exact) mass is 465 g/mol. The van der Waals surface area contributed by atoms with E-state index in [4.69, 9.17) is 12.2 Å². The van der Waals surface area contributed by atoms with Crippen LogP contribution in [-0.2, 0) is 9.59 Å². The van der Waals surface area contributed by atoms with Crippen molar-refractivity contribution in [2.24, 2.45) is 0 Å². The lowest BCUT2D eigenvalue weighted by molar-refractivity contribution is -0.122. The van der Waals surface area contributed by atoms with Gasteiger partial charge in [0.1, 0.15) is 5.57 Å². The van der Waals surface area contributed by atoms with Gasteiger partial charge in [0.05, 0.1) is 5.69 Å². The van der Waals surface area contributed by atoms with Gasteiger partial charge >= 0.3 is 0 Å². The molecule has 1 N–H and O–H groups in total. The summed E-state index contributed by atoms with van der Waals surface area (Å²) < 4.78 is 2.88. The maximum atomic E-state index is 13.2. The maximum Gasteiger partial charge on any atom is 0.270 e. The summed E-state index contributed by atoms with van der Waals surface area (Å²) in [5, 5.41) is 2.70. The van der Waals surface area contributed by atoms with E-state index >= 15 is 0 Å². The zero-order valence-corrected chi connectivity index (χ0v) is 17.8. The zero-order valence-electron chi connectivity index (χ0n) is 15.4. The van der Waals surface area contributed by atoms with E-state index in [2.05, 4.69) is 21.2 Å². The highest BCUT2D eigenvalue weighted by molar-refractivity contribution is 9.10. The van der Waals surface area contributed by atoms with Gasteiger partial charge in [0.2, 0.25) is 0 Å². The molecule has 2 aromatic carbocycles. The Bertz CT molecular complexity index is 1160. The fourth-order valence-electron chi connectivity index (χ4n) is 3.16. The summed E-state index contributed by atoms with van der Waals surface area (Å²) in [4.78, 5) is 27.1. The van der Waals surface area contributed by atoms with Crippen LogP contribution in [0.3, 0.4) is 0 Å². The summed E-state index contributed by atoms with van der Waals surface area (Å²) in [7, 11) is 0. The molecule has 1 fully saturated rings. The third-order valence-corrected chi connectivity index (χ3v) is 5.35. The van der Waals surface area contributed by atoms with Crippen LogP contribution in [0.1, 0.15) is 11.3 Å². The maximum absolute atomic E-state index is 13.2. The minimum Gasteiger partial charge on any atom is -0.317 e. The molecule has 0 aliphatic carbocycles. The normalized spacial score (nSPS) is 15.7. The molecule has 0 saturated carbocycles. The fraction of sp³-hybridized carbons (Fsp3) is 0.0455. The largest absolute Gasteiger partial charge is 0.317 e. The standard InChI is InChI=1S/C22H16BrN3O2S/c1-14-4-2-5-18(12-14)26-21(28)19(20(27)24-22(26)29)13-17-6-3-11-25(17)16-9-7-15(23)8-10-16/h2-13H,1H3,(H,24,27,29)/b19-13-. The Morgan fingerprint density at radius 3 is 2.48 bits per heavy atom. The molecule has 2 amide bonds. The van der Waals surface area contributed by atoms with Crippen molar-refractivity contribution >= 4 is 56.8 Å². The van der Waals surface area contributed by atoms with E-state index in [0.29, 0.717) is 11.4 Å². The second kappa shape index (κ2) is 7.77. The molecule has 144 valence electrons. The van der Waals surface area contributed by atoms with Gasteiger partial charge in [-0.3, -0.25) is 19.8 Å². The first kappa shape index (κ1) is 19.3. The minimum atomic E-state index is -0.507. The first-order chi connectivity index (χ1) is 13.9. The van der Waals surface area contributed by atoms with Crippen molar-refractivity contribution in [3.05, 3.63) is 88.2 Å². The number of halogens is 1. The van der Waals surface area contributed by atoms with Gasteiger partial charge in [0, 0.05) is 22.1 Å². The lowest BCUT2D eigenvalue weighted by atomic mass is 10.1. The van der Waals surface area contributed by atoms with Crippen molar-refractivity contribution in [1.29, 1.82) is 0 Å². The molecule has 0 spiro atoms. The summed E-state index contributed by atoms with van der Waals surface area (Å²) in [5.74, 6) is -0.958. The SMILES string of the molecule is Cc1cccc(N2C(=O)/C(=C\c3cccn3-c3ccc(Br)cc3)C(=O)NC2=S)c1. The molecular weight excluding hydrogens is 450 g/mol. The van der Waals surface area contributed by atoms with Crippen LogP contribution >= 0.6 is 28.1 Å². The number of carbonyl (C=O) groups is 2. The van der Waals surface area contributed by atoms with Gasteiger partial charge in [-0.2, -0.15) is 0 Å². The molecular formula is C22H16BrN3O2S. The van der Waals surface area contributed by atoms with Crippen LogP contribution in [0.25, 0.3) is 11.8 Å². The molecule has 3 aromatic rings. The van der Waals surface area contributed by atoms with Gasteiger partial charge in [-0.15, -0.1) is 0 Å². The Hall–Kier alpha value is -3.03. The number of carbonyl (C=O) groups excluding carboxylic acids is 2. The summed E-state index contributed by atoms with van der Waals surface area (Å²) in [5.41, 5.74) is 3.26. The number of nitrogens with zero attached hydrogens (tertiary/aromatic N) is 2. The van der Waals surface area contributed by atoms with Crippen LogP contribution in [0.2, 0.25) is 0 Å². The third-order valence-electron chi connectivity index (χ3n) is 4.54. The molecule has 1 aliphatic rings. The quantitative estimate of drug-likeness (QED) is 0.354. The second-order valence-electron chi connectivity index (χ2n) is 6.58. The molecule has 1 aromatic heterocycles. The van der Waals surface area contributed by atoms with E-state index in [1.807, 2.05) is 72.3 Å². The average Bonchev–Trinajstić information content (AvgIpc) is 3.14. The summed E-state index contributed by atoms with van der Waals surface area (Å²) in [6.07, 6.45) is 3.47. The number of benzene rings is 2. The number of anilines is 1. The highest BCUT2D eigenvalue weighted by Gasteiger charge is 2.34. The number of amides is 2. The predicted molar refractivity (Wildman–Crippen MR) is 121 cm³/mol. The Kier molecular flexibility index (Phi) is 5.17. The lowest BCUT2D eigenvalue weighted by Gasteiger charge is -2.29. The predicted octanol–water partition coefficient (Wildman–Crippen LogP) is 4.38. The molecule has 1 saturated heterocycles. The summed E-state index contributed by atoms with van der Waals surface area (Å²) in [6.45, 7) is 1.93. The second-order valence-corrected chi connectivity index (χ2v) is 7.88. The van der Waals surface area contributed by atoms with E-state index in [-0.39, 0.29) is 10.7 Å². The molecule has 7 heteroatoms. The highest BCUT2D eigenvalue weighted by atomic mass is 79.9. The van der Waals surface area contributed by atoms with Crippen LogP contribution in [0.5, 0.6) is 0 Å². The van der Waals surface area contributed by atoms with Gasteiger partial charge in [0.25, 0.3) is 11.8 Å². The number of hydrogen-bond donors (Lipinski definition) is 1. The van der Waals surface area contributed by atoms with Crippen molar-refractivity contribution in [1.82, 2.24) is 9.88 Å². The van der Waals surface area contributed by atoms with E-state index in [1.165, 1.54) is 4.90 Å².